The van der Waals surface area contributed by atoms with Crippen LogP contribution in [0.4, 0.5) is 0 Å². The van der Waals surface area contributed by atoms with Crippen LogP contribution in [0.5, 0.6) is 0 Å². The smallest absolute Gasteiger partial charge is 0.211 e. The second kappa shape index (κ2) is 9.46. The number of sulfonamides is 1. The van der Waals surface area contributed by atoms with Gasteiger partial charge in [-0.25, -0.2) is 17.7 Å². The molecule has 0 amide bonds. The first-order chi connectivity index (χ1) is 15.8. The number of nitrogens with two attached hydrogens (primary N) is 1. The molecule has 1 fully saturated rings. The molecule has 33 heavy (non-hydrogen) atoms. The van der Waals surface area contributed by atoms with Crippen molar-refractivity contribution in [3.8, 4) is 11.1 Å². The highest BCUT2D eigenvalue weighted by molar-refractivity contribution is 7.88. The van der Waals surface area contributed by atoms with Crippen LogP contribution < -0.4 is 11.1 Å². The monoisotopic (exact) mass is 485 g/mol. The van der Waals surface area contributed by atoms with Gasteiger partial charge in [-0.15, -0.1) is 5.10 Å². The van der Waals surface area contributed by atoms with Gasteiger partial charge < -0.3 is 11.1 Å². The SMILES string of the molecule is C=C(/N=C(\C=C/N)n1nnc2c(-c3cscc3C)cccc21)NC1CCN(S(C)(=O)=O)CC1. The Labute approximate surface area is 197 Å². The zero-order valence-corrected chi connectivity index (χ0v) is 20.2. The van der Waals surface area contributed by atoms with Crippen LogP contribution in [0.3, 0.4) is 0 Å². The van der Waals surface area contributed by atoms with E-state index in [1.807, 2.05) is 18.2 Å². The quantitative estimate of drug-likeness (QED) is 0.409. The molecule has 0 saturated carbocycles. The van der Waals surface area contributed by atoms with E-state index < -0.39 is 10.0 Å². The summed E-state index contributed by atoms with van der Waals surface area (Å²) in [5.41, 5.74) is 10.6. The van der Waals surface area contributed by atoms with Crippen molar-refractivity contribution in [2.75, 3.05) is 19.3 Å². The molecule has 0 radical (unpaired) electrons. The molecule has 1 saturated heterocycles. The summed E-state index contributed by atoms with van der Waals surface area (Å²) in [6.07, 6.45) is 5.65. The first-order valence-electron chi connectivity index (χ1n) is 10.5. The lowest BCUT2D eigenvalue weighted by molar-refractivity contribution is 0.301. The highest BCUT2D eigenvalue weighted by atomic mass is 32.2. The molecule has 0 unspecified atom stereocenters. The molecule has 11 heteroatoms. The third-order valence-electron chi connectivity index (χ3n) is 5.63. The summed E-state index contributed by atoms with van der Waals surface area (Å²) in [6, 6.07) is 6.04. The fourth-order valence-corrected chi connectivity index (χ4v) is 5.67. The van der Waals surface area contributed by atoms with Gasteiger partial charge in [0.1, 0.15) is 11.3 Å². The molecular weight excluding hydrogens is 458 g/mol. The van der Waals surface area contributed by atoms with Crippen molar-refractivity contribution in [3.05, 3.63) is 59.2 Å². The molecule has 1 aliphatic heterocycles. The Hall–Kier alpha value is -3.02. The fraction of sp³-hybridized carbons (Fsp3) is 0.318. The van der Waals surface area contributed by atoms with E-state index in [1.165, 1.54) is 22.3 Å². The van der Waals surface area contributed by atoms with Gasteiger partial charge in [0.25, 0.3) is 0 Å². The Morgan fingerprint density at radius 3 is 2.70 bits per heavy atom. The first-order valence-corrected chi connectivity index (χ1v) is 13.3. The molecule has 9 nitrogen and oxygen atoms in total. The van der Waals surface area contributed by atoms with E-state index in [4.69, 9.17) is 5.73 Å². The highest BCUT2D eigenvalue weighted by Gasteiger charge is 2.25. The highest BCUT2D eigenvalue weighted by Crippen LogP contribution is 2.31. The summed E-state index contributed by atoms with van der Waals surface area (Å²) in [5.74, 6) is 0.930. The zero-order valence-electron chi connectivity index (χ0n) is 18.6. The minimum Gasteiger partial charge on any atom is -0.404 e. The number of thiophene rings is 1. The molecule has 1 aromatic carbocycles. The molecule has 0 atom stereocenters. The van der Waals surface area contributed by atoms with Crippen LogP contribution >= 0.6 is 11.3 Å². The van der Waals surface area contributed by atoms with Crippen LogP contribution in [0, 0.1) is 6.92 Å². The van der Waals surface area contributed by atoms with E-state index in [-0.39, 0.29) is 6.04 Å². The maximum Gasteiger partial charge on any atom is 0.211 e. The number of fused-ring (bicyclic) bond motifs is 1. The minimum atomic E-state index is -3.16. The van der Waals surface area contributed by atoms with Gasteiger partial charge in [0, 0.05) is 24.7 Å². The second-order valence-corrected chi connectivity index (χ2v) is 10.7. The number of nitrogens with zero attached hydrogens (tertiary/aromatic N) is 5. The van der Waals surface area contributed by atoms with E-state index in [2.05, 4.69) is 44.9 Å². The fourth-order valence-electron chi connectivity index (χ4n) is 3.95. The van der Waals surface area contributed by atoms with Gasteiger partial charge in [-0.05, 0) is 60.0 Å². The molecule has 0 aliphatic carbocycles. The molecule has 1 aliphatic rings. The van der Waals surface area contributed by atoms with Gasteiger partial charge in [-0.2, -0.15) is 16.0 Å². The number of hydrogen-bond donors (Lipinski definition) is 2. The van der Waals surface area contributed by atoms with Crippen molar-refractivity contribution in [1.29, 1.82) is 0 Å². The van der Waals surface area contributed by atoms with Crippen molar-refractivity contribution in [2.24, 2.45) is 10.7 Å². The van der Waals surface area contributed by atoms with Crippen molar-refractivity contribution >= 4 is 38.2 Å². The normalized spacial score (nSPS) is 16.6. The van der Waals surface area contributed by atoms with Gasteiger partial charge in [-0.1, -0.05) is 23.9 Å². The Kier molecular flexibility index (Phi) is 6.63. The maximum atomic E-state index is 11.7. The van der Waals surface area contributed by atoms with E-state index in [1.54, 1.807) is 22.1 Å². The maximum absolute atomic E-state index is 11.7. The van der Waals surface area contributed by atoms with Crippen LogP contribution in [0.25, 0.3) is 22.2 Å². The number of hydrogen-bond acceptors (Lipinski definition) is 8. The summed E-state index contributed by atoms with van der Waals surface area (Å²) in [5, 5.41) is 16.3. The molecular formula is C22H27N7O2S2. The Balaban J connectivity index is 1.58. The summed E-state index contributed by atoms with van der Waals surface area (Å²) >= 11 is 1.65. The lowest BCUT2D eigenvalue weighted by Crippen LogP contribution is -2.44. The van der Waals surface area contributed by atoms with Gasteiger partial charge in [-0.3, -0.25) is 0 Å². The summed E-state index contributed by atoms with van der Waals surface area (Å²) in [6.45, 7) is 7.06. The predicted octanol–water partition coefficient (Wildman–Crippen LogP) is 2.67. The van der Waals surface area contributed by atoms with Crippen LogP contribution in [0.2, 0.25) is 0 Å². The molecule has 3 N–H and O–H groups in total. The van der Waals surface area contributed by atoms with Crippen LogP contribution in [0.15, 0.2) is 58.6 Å². The number of nitrogens with one attached hydrogen (secondary N) is 1. The first kappa shape index (κ1) is 23.1. The van der Waals surface area contributed by atoms with Crippen molar-refractivity contribution < 1.29 is 8.42 Å². The zero-order chi connectivity index (χ0) is 23.6. The average molecular weight is 486 g/mol. The van der Waals surface area contributed by atoms with Gasteiger partial charge in [0.05, 0.1) is 11.8 Å². The van der Waals surface area contributed by atoms with Crippen molar-refractivity contribution in [2.45, 2.75) is 25.8 Å². The van der Waals surface area contributed by atoms with Gasteiger partial charge in [0.2, 0.25) is 10.0 Å². The number of aromatic nitrogens is 3. The predicted molar refractivity (Wildman–Crippen MR) is 133 cm³/mol. The van der Waals surface area contributed by atoms with Crippen LogP contribution in [-0.2, 0) is 10.0 Å². The molecule has 3 heterocycles. The second-order valence-electron chi connectivity index (χ2n) is 8.00. The topological polar surface area (TPSA) is 118 Å². The van der Waals surface area contributed by atoms with Crippen molar-refractivity contribution in [1.82, 2.24) is 24.6 Å². The van der Waals surface area contributed by atoms with E-state index in [0.29, 0.717) is 37.6 Å². The molecule has 0 bridgehead atoms. The Morgan fingerprint density at radius 1 is 1.30 bits per heavy atom. The van der Waals surface area contributed by atoms with Crippen molar-refractivity contribution in [3.63, 3.8) is 0 Å². The van der Waals surface area contributed by atoms with Crippen LogP contribution in [0.1, 0.15) is 18.4 Å². The summed E-state index contributed by atoms with van der Waals surface area (Å²) in [7, 11) is -3.16. The van der Waals surface area contributed by atoms with E-state index in [0.717, 1.165) is 22.2 Å². The van der Waals surface area contributed by atoms with E-state index >= 15 is 0 Å². The number of allylic oxidation sites excluding steroid dienone is 1. The molecule has 3 aromatic rings. The Morgan fingerprint density at radius 2 is 2.06 bits per heavy atom. The number of rotatable bonds is 6. The summed E-state index contributed by atoms with van der Waals surface area (Å²) < 4.78 is 26.6. The molecule has 174 valence electrons. The Bertz CT molecular complexity index is 1330. The molecule has 4 rings (SSSR count). The third-order valence-corrected chi connectivity index (χ3v) is 7.79. The average Bonchev–Trinajstić information content (AvgIpc) is 3.39. The van der Waals surface area contributed by atoms with Crippen LogP contribution in [-0.4, -0.2) is 58.9 Å². The lowest BCUT2D eigenvalue weighted by Gasteiger charge is -2.31. The standard InChI is InChI=1S/C22H27N7O2S2/c1-15-13-32-14-19(15)18-5-4-6-20-22(18)26-27-29(20)21(7-10-23)25-16(2)24-17-8-11-28(12-9-17)33(3,30)31/h4-7,10,13-14,17,24H,2,8-9,11-12,23H2,1,3H3/b10-7-,25-21+. The number of piperidine rings is 1. The molecule has 2 aromatic heterocycles. The largest absolute Gasteiger partial charge is 0.404 e. The number of benzene rings is 1. The minimum absolute atomic E-state index is 0.0861. The van der Waals surface area contributed by atoms with E-state index in [9.17, 15) is 8.42 Å². The van der Waals surface area contributed by atoms with Gasteiger partial charge >= 0.3 is 0 Å². The number of aliphatic imine (C=N–C) groups is 1. The summed E-state index contributed by atoms with van der Waals surface area (Å²) in [4.78, 5) is 4.61. The number of aryl methyl sites for hydroxylation is 1. The van der Waals surface area contributed by atoms with Gasteiger partial charge in [0.15, 0.2) is 5.84 Å². The third kappa shape index (κ3) is 5.00. The lowest BCUT2D eigenvalue weighted by atomic mass is 10.0. The molecule has 0 spiro atoms.